The number of benzene rings is 2. The number of carbonyl (C=O) groups excluding carboxylic acids is 1. The number of methoxy groups -OCH3 is 2. The highest BCUT2D eigenvalue weighted by molar-refractivity contribution is 5.77. The van der Waals surface area contributed by atoms with Gasteiger partial charge in [0.05, 0.1) is 20.8 Å². The van der Waals surface area contributed by atoms with E-state index in [0.29, 0.717) is 13.1 Å². The Kier molecular flexibility index (Phi) is 6.97. The molecule has 6 heteroatoms. The van der Waals surface area contributed by atoms with Crippen LogP contribution in [0.4, 0.5) is 4.39 Å². The van der Waals surface area contributed by atoms with E-state index in [1.54, 1.807) is 31.2 Å². The maximum atomic E-state index is 13.8. The van der Waals surface area contributed by atoms with Crippen LogP contribution in [0.5, 0.6) is 11.5 Å². The number of halogens is 1. The summed E-state index contributed by atoms with van der Waals surface area (Å²) in [5, 5.41) is 0. The van der Waals surface area contributed by atoms with Crippen LogP contribution in [0.15, 0.2) is 42.5 Å². The fourth-order valence-electron chi connectivity index (χ4n) is 2.62. The summed E-state index contributed by atoms with van der Waals surface area (Å²) in [4.78, 5) is 15.9. The Morgan fingerprint density at radius 3 is 2.19 bits per heavy atom. The number of hydrogen-bond donors (Lipinski definition) is 0. The number of rotatable bonds is 8. The van der Waals surface area contributed by atoms with Crippen molar-refractivity contribution in [3.63, 3.8) is 0 Å². The first-order valence-corrected chi connectivity index (χ1v) is 8.30. The lowest BCUT2D eigenvalue weighted by Gasteiger charge is -2.22. The predicted molar refractivity (Wildman–Crippen MR) is 98.8 cm³/mol. The van der Waals surface area contributed by atoms with Gasteiger partial charge in [0.2, 0.25) is 5.91 Å². The topological polar surface area (TPSA) is 42.0 Å². The third-order valence-corrected chi connectivity index (χ3v) is 4.08. The van der Waals surface area contributed by atoms with Crippen LogP contribution in [0.3, 0.4) is 0 Å². The Bertz CT molecular complexity index is 734. The minimum Gasteiger partial charge on any atom is -0.497 e. The van der Waals surface area contributed by atoms with Crippen molar-refractivity contribution < 1.29 is 18.7 Å². The van der Waals surface area contributed by atoms with Crippen molar-refractivity contribution in [3.05, 3.63) is 59.4 Å². The van der Waals surface area contributed by atoms with E-state index >= 15 is 0 Å². The molecule has 0 N–H and O–H groups in total. The van der Waals surface area contributed by atoms with E-state index in [0.717, 1.165) is 16.9 Å². The fraction of sp³-hybridized carbons (Fsp3) is 0.350. The molecule has 0 atom stereocenters. The first-order chi connectivity index (χ1) is 12.4. The molecule has 0 fully saturated rings. The lowest BCUT2D eigenvalue weighted by molar-refractivity contribution is -0.131. The van der Waals surface area contributed by atoms with Crippen LogP contribution in [-0.4, -0.2) is 50.6 Å². The summed E-state index contributed by atoms with van der Waals surface area (Å²) < 4.78 is 23.8. The highest BCUT2D eigenvalue weighted by atomic mass is 19.1. The van der Waals surface area contributed by atoms with Crippen molar-refractivity contribution in [2.75, 3.05) is 34.9 Å². The van der Waals surface area contributed by atoms with Crippen LogP contribution in [0, 0.1) is 5.82 Å². The molecule has 0 aliphatic heterocycles. The average molecular weight is 360 g/mol. The standard InChI is InChI=1S/C20H25FN2O3/c1-22(12-16-7-10-19(26-4)18(21)11-16)14-20(24)23(2)13-15-5-8-17(25-3)9-6-15/h5-11H,12-14H2,1-4H3. The van der Waals surface area contributed by atoms with Crippen molar-refractivity contribution in [1.82, 2.24) is 9.80 Å². The van der Waals surface area contributed by atoms with Gasteiger partial charge in [-0.2, -0.15) is 0 Å². The van der Waals surface area contributed by atoms with Crippen LogP contribution < -0.4 is 9.47 Å². The summed E-state index contributed by atoms with van der Waals surface area (Å²) in [6.45, 7) is 1.25. The maximum Gasteiger partial charge on any atom is 0.236 e. The summed E-state index contributed by atoms with van der Waals surface area (Å²) >= 11 is 0. The highest BCUT2D eigenvalue weighted by Crippen LogP contribution is 2.18. The zero-order valence-corrected chi connectivity index (χ0v) is 15.7. The summed E-state index contributed by atoms with van der Waals surface area (Å²) in [7, 11) is 6.66. The lowest BCUT2D eigenvalue weighted by atomic mass is 10.2. The molecule has 2 aromatic rings. The molecule has 0 saturated carbocycles. The van der Waals surface area contributed by atoms with Crippen molar-refractivity contribution in [3.8, 4) is 11.5 Å². The van der Waals surface area contributed by atoms with Gasteiger partial charge in [-0.25, -0.2) is 4.39 Å². The number of nitrogens with zero attached hydrogens (tertiary/aromatic N) is 2. The molecular formula is C20H25FN2O3. The molecule has 0 heterocycles. The van der Waals surface area contributed by atoms with Gasteiger partial charge >= 0.3 is 0 Å². The molecule has 2 rings (SSSR count). The van der Waals surface area contributed by atoms with E-state index in [9.17, 15) is 9.18 Å². The summed E-state index contributed by atoms with van der Waals surface area (Å²) in [5.74, 6) is 0.597. The van der Waals surface area contributed by atoms with E-state index in [-0.39, 0.29) is 18.2 Å². The molecule has 0 saturated heterocycles. The molecule has 0 unspecified atom stereocenters. The molecule has 0 aliphatic rings. The Morgan fingerprint density at radius 1 is 0.962 bits per heavy atom. The molecule has 0 spiro atoms. The first kappa shape index (κ1) is 19.7. The SMILES string of the molecule is COc1ccc(CN(C)C(=O)CN(C)Cc2ccc(OC)c(F)c2)cc1. The van der Waals surface area contributed by atoms with Crippen molar-refractivity contribution in [2.45, 2.75) is 13.1 Å². The van der Waals surface area contributed by atoms with Crippen LogP contribution in [0.25, 0.3) is 0 Å². The van der Waals surface area contributed by atoms with Gasteiger partial charge in [0.25, 0.3) is 0 Å². The van der Waals surface area contributed by atoms with Gasteiger partial charge in [-0.3, -0.25) is 9.69 Å². The third kappa shape index (κ3) is 5.46. The zero-order valence-electron chi connectivity index (χ0n) is 15.7. The first-order valence-electron chi connectivity index (χ1n) is 8.30. The number of ether oxygens (including phenoxy) is 2. The zero-order chi connectivity index (χ0) is 19.1. The van der Waals surface area contributed by atoms with Crippen LogP contribution >= 0.6 is 0 Å². The molecule has 0 radical (unpaired) electrons. The molecule has 26 heavy (non-hydrogen) atoms. The molecule has 5 nitrogen and oxygen atoms in total. The summed E-state index contributed by atoms with van der Waals surface area (Å²) in [5.41, 5.74) is 1.82. The number of likely N-dealkylation sites (N-methyl/N-ethyl adjacent to an activating group) is 2. The van der Waals surface area contributed by atoms with Crippen LogP contribution in [0.1, 0.15) is 11.1 Å². The van der Waals surface area contributed by atoms with Crippen molar-refractivity contribution in [1.29, 1.82) is 0 Å². The van der Waals surface area contributed by atoms with Gasteiger partial charge in [-0.05, 0) is 42.4 Å². The maximum absolute atomic E-state index is 13.8. The monoisotopic (exact) mass is 360 g/mol. The van der Waals surface area contributed by atoms with Gasteiger partial charge in [-0.1, -0.05) is 18.2 Å². The van der Waals surface area contributed by atoms with Crippen LogP contribution in [-0.2, 0) is 17.9 Å². The molecule has 2 aromatic carbocycles. The quantitative estimate of drug-likeness (QED) is 0.726. The Morgan fingerprint density at radius 2 is 1.62 bits per heavy atom. The van der Waals surface area contributed by atoms with Gasteiger partial charge < -0.3 is 14.4 Å². The fourth-order valence-corrected chi connectivity index (χ4v) is 2.62. The van der Waals surface area contributed by atoms with E-state index in [4.69, 9.17) is 9.47 Å². The van der Waals surface area contributed by atoms with E-state index < -0.39 is 5.82 Å². The van der Waals surface area contributed by atoms with E-state index in [1.165, 1.54) is 13.2 Å². The summed E-state index contributed by atoms with van der Waals surface area (Å²) in [6, 6.07) is 12.4. The molecule has 0 aromatic heterocycles. The minimum atomic E-state index is -0.402. The molecule has 0 bridgehead atoms. The molecule has 140 valence electrons. The predicted octanol–water partition coefficient (Wildman–Crippen LogP) is 2.93. The highest BCUT2D eigenvalue weighted by Gasteiger charge is 2.13. The van der Waals surface area contributed by atoms with Gasteiger partial charge in [0.15, 0.2) is 11.6 Å². The lowest BCUT2D eigenvalue weighted by Crippen LogP contribution is -2.36. The molecular weight excluding hydrogens is 335 g/mol. The van der Waals surface area contributed by atoms with E-state index in [1.807, 2.05) is 36.2 Å². The van der Waals surface area contributed by atoms with Gasteiger partial charge in [0.1, 0.15) is 5.75 Å². The smallest absolute Gasteiger partial charge is 0.236 e. The molecule has 0 aliphatic carbocycles. The largest absolute Gasteiger partial charge is 0.497 e. The average Bonchev–Trinajstić information content (AvgIpc) is 2.62. The normalized spacial score (nSPS) is 10.7. The summed E-state index contributed by atoms with van der Waals surface area (Å²) in [6.07, 6.45) is 0. The van der Waals surface area contributed by atoms with Crippen molar-refractivity contribution in [2.24, 2.45) is 0 Å². The van der Waals surface area contributed by atoms with Crippen molar-refractivity contribution >= 4 is 5.91 Å². The van der Waals surface area contributed by atoms with Gasteiger partial charge in [-0.15, -0.1) is 0 Å². The molecule has 1 amide bonds. The number of hydrogen-bond acceptors (Lipinski definition) is 4. The second kappa shape index (κ2) is 9.20. The Labute approximate surface area is 153 Å². The number of carbonyl (C=O) groups is 1. The van der Waals surface area contributed by atoms with E-state index in [2.05, 4.69) is 0 Å². The van der Waals surface area contributed by atoms with Crippen LogP contribution in [0.2, 0.25) is 0 Å². The minimum absolute atomic E-state index is 0.00250. The van der Waals surface area contributed by atoms with Gasteiger partial charge in [0, 0.05) is 20.1 Å². The third-order valence-electron chi connectivity index (χ3n) is 4.08. The second-order valence-corrected chi connectivity index (χ2v) is 6.24. The number of amides is 1. The Balaban J connectivity index is 1.87. The second-order valence-electron chi connectivity index (χ2n) is 6.24. The Hall–Kier alpha value is -2.60.